The Kier molecular flexibility index (Phi) is 3.77. The molecule has 0 radical (unpaired) electrons. The van der Waals surface area contributed by atoms with E-state index in [1.54, 1.807) is 6.07 Å². The summed E-state index contributed by atoms with van der Waals surface area (Å²) in [6.45, 7) is 0.653. The maximum Gasteiger partial charge on any atom is 0.0470 e. The summed E-state index contributed by atoms with van der Waals surface area (Å²) < 4.78 is 0. The van der Waals surface area contributed by atoms with Gasteiger partial charge in [0.25, 0.3) is 0 Å². The number of anilines is 2. The normalized spacial score (nSPS) is 10.2. The largest absolute Gasteiger partial charge is 0.399 e. The van der Waals surface area contributed by atoms with Crippen molar-refractivity contribution in [2.24, 2.45) is 0 Å². The number of nitrogens with two attached hydrogens (primary N) is 1. The van der Waals surface area contributed by atoms with Crippen molar-refractivity contribution in [3.05, 3.63) is 58.1 Å². The minimum atomic E-state index is 0.645. The summed E-state index contributed by atoms with van der Waals surface area (Å²) in [5.41, 5.74) is 8.37. The van der Waals surface area contributed by atoms with Gasteiger partial charge in [-0.1, -0.05) is 29.3 Å². The third-order valence-corrected chi connectivity index (χ3v) is 3.00. The van der Waals surface area contributed by atoms with E-state index in [0.717, 1.165) is 16.9 Å². The molecule has 0 unspecified atom stereocenters. The first kappa shape index (κ1) is 12.1. The van der Waals surface area contributed by atoms with Crippen molar-refractivity contribution < 1.29 is 0 Å². The molecular weight excluding hydrogens is 255 g/mol. The molecule has 2 rings (SSSR count). The quantitative estimate of drug-likeness (QED) is 0.818. The molecule has 0 aliphatic rings. The Morgan fingerprint density at radius 2 is 1.71 bits per heavy atom. The summed E-state index contributed by atoms with van der Waals surface area (Å²) in [5.74, 6) is 0. The number of nitrogen functional groups attached to an aromatic ring is 1. The fourth-order valence-electron chi connectivity index (χ4n) is 1.46. The Balaban J connectivity index is 2.04. The van der Waals surface area contributed by atoms with Crippen LogP contribution in [0.25, 0.3) is 0 Å². The zero-order valence-corrected chi connectivity index (χ0v) is 10.6. The van der Waals surface area contributed by atoms with Gasteiger partial charge in [0.1, 0.15) is 0 Å². The van der Waals surface area contributed by atoms with Crippen molar-refractivity contribution in [1.29, 1.82) is 0 Å². The lowest BCUT2D eigenvalue weighted by molar-refractivity contribution is 1.15. The van der Waals surface area contributed by atoms with E-state index in [2.05, 4.69) is 5.32 Å². The summed E-state index contributed by atoms with van der Waals surface area (Å²) >= 11 is 11.9. The number of hydrogen-bond acceptors (Lipinski definition) is 2. The molecule has 3 N–H and O–H groups in total. The molecule has 2 aromatic rings. The summed E-state index contributed by atoms with van der Waals surface area (Å²) in [6.07, 6.45) is 0. The topological polar surface area (TPSA) is 38.0 Å². The number of benzene rings is 2. The van der Waals surface area contributed by atoms with Crippen LogP contribution >= 0.6 is 23.2 Å². The molecule has 0 heterocycles. The van der Waals surface area contributed by atoms with Crippen molar-refractivity contribution in [2.45, 2.75) is 6.54 Å². The van der Waals surface area contributed by atoms with Crippen LogP contribution in [-0.4, -0.2) is 0 Å². The van der Waals surface area contributed by atoms with Crippen LogP contribution in [0.15, 0.2) is 42.5 Å². The van der Waals surface area contributed by atoms with Crippen molar-refractivity contribution in [3.63, 3.8) is 0 Å². The molecule has 0 aliphatic carbocycles. The van der Waals surface area contributed by atoms with E-state index in [-0.39, 0.29) is 0 Å². The number of rotatable bonds is 3. The average molecular weight is 267 g/mol. The first-order valence-corrected chi connectivity index (χ1v) is 5.94. The second kappa shape index (κ2) is 5.30. The van der Waals surface area contributed by atoms with Gasteiger partial charge in [-0.2, -0.15) is 0 Å². The van der Waals surface area contributed by atoms with E-state index in [9.17, 15) is 0 Å². The van der Waals surface area contributed by atoms with Crippen LogP contribution in [0, 0.1) is 0 Å². The van der Waals surface area contributed by atoms with E-state index in [1.807, 2.05) is 36.4 Å². The van der Waals surface area contributed by atoms with E-state index in [1.165, 1.54) is 0 Å². The van der Waals surface area contributed by atoms with Crippen LogP contribution in [0.3, 0.4) is 0 Å². The van der Waals surface area contributed by atoms with Gasteiger partial charge in [-0.25, -0.2) is 0 Å². The van der Waals surface area contributed by atoms with Crippen LogP contribution in [-0.2, 0) is 6.54 Å². The average Bonchev–Trinajstić information content (AvgIpc) is 2.30. The molecular formula is C13H12Cl2N2. The Morgan fingerprint density at radius 1 is 1.00 bits per heavy atom. The van der Waals surface area contributed by atoms with Crippen molar-refractivity contribution in [1.82, 2.24) is 0 Å². The molecule has 0 fully saturated rings. The molecule has 0 bridgehead atoms. The van der Waals surface area contributed by atoms with E-state index >= 15 is 0 Å². The van der Waals surface area contributed by atoms with Gasteiger partial charge in [-0.05, 0) is 42.0 Å². The monoisotopic (exact) mass is 266 g/mol. The van der Waals surface area contributed by atoms with Gasteiger partial charge in [-0.3, -0.25) is 0 Å². The first-order valence-electron chi connectivity index (χ1n) is 5.18. The summed E-state index contributed by atoms with van der Waals surface area (Å²) in [7, 11) is 0. The molecule has 2 nitrogen and oxygen atoms in total. The van der Waals surface area contributed by atoms with Crippen LogP contribution in [0.1, 0.15) is 5.56 Å². The molecule has 0 aromatic heterocycles. The summed E-state index contributed by atoms with van der Waals surface area (Å²) in [5, 5.41) is 4.58. The summed E-state index contributed by atoms with van der Waals surface area (Å²) in [4.78, 5) is 0. The second-order valence-electron chi connectivity index (χ2n) is 3.71. The van der Waals surface area contributed by atoms with E-state index in [0.29, 0.717) is 16.6 Å². The van der Waals surface area contributed by atoms with Gasteiger partial charge in [0.05, 0.1) is 0 Å². The zero-order valence-electron chi connectivity index (χ0n) is 9.08. The zero-order chi connectivity index (χ0) is 12.3. The predicted octanol–water partition coefficient (Wildman–Crippen LogP) is 4.19. The molecule has 2 aromatic carbocycles. The van der Waals surface area contributed by atoms with Crippen LogP contribution in [0.4, 0.5) is 11.4 Å². The third-order valence-electron chi connectivity index (χ3n) is 2.41. The van der Waals surface area contributed by atoms with Crippen LogP contribution in [0.2, 0.25) is 10.0 Å². The van der Waals surface area contributed by atoms with Gasteiger partial charge in [-0.15, -0.1) is 0 Å². The van der Waals surface area contributed by atoms with Gasteiger partial charge >= 0.3 is 0 Å². The van der Waals surface area contributed by atoms with Gasteiger partial charge < -0.3 is 11.1 Å². The van der Waals surface area contributed by atoms with Crippen LogP contribution in [0.5, 0.6) is 0 Å². The Labute approximate surface area is 110 Å². The first-order chi connectivity index (χ1) is 8.15. The minimum Gasteiger partial charge on any atom is -0.399 e. The lowest BCUT2D eigenvalue weighted by Gasteiger charge is -2.08. The molecule has 17 heavy (non-hydrogen) atoms. The lowest BCUT2D eigenvalue weighted by Crippen LogP contribution is -2.00. The summed E-state index contributed by atoms with van der Waals surface area (Å²) in [6, 6.07) is 13.0. The molecule has 0 saturated carbocycles. The highest BCUT2D eigenvalue weighted by Crippen LogP contribution is 2.22. The van der Waals surface area contributed by atoms with Gasteiger partial charge in [0, 0.05) is 28.0 Å². The Morgan fingerprint density at radius 3 is 2.35 bits per heavy atom. The third kappa shape index (κ3) is 3.29. The number of nitrogens with one attached hydrogen (secondary N) is 1. The Hall–Kier alpha value is -1.38. The molecule has 0 aliphatic heterocycles. The number of halogens is 2. The van der Waals surface area contributed by atoms with Crippen molar-refractivity contribution in [2.75, 3.05) is 11.1 Å². The van der Waals surface area contributed by atoms with E-state index in [4.69, 9.17) is 28.9 Å². The fourth-order valence-corrected chi connectivity index (χ4v) is 1.94. The number of hydrogen-bond donors (Lipinski definition) is 2. The van der Waals surface area contributed by atoms with E-state index < -0.39 is 0 Å². The second-order valence-corrected chi connectivity index (χ2v) is 4.55. The molecule has 88 valence electrons. The highest BCUT2D eigenvalue weighted by atomic mass is 35.5. The molecule has 4 heteroatoms. The maximum absolute atomic E-state index is 6.08. The highest BCUT2D eigenvalue weighted by molar-refractivity contribution is 6.35. The maximum atomic E-state index is 6.08. The molecule has 0 spiro atoms. The van der Waals surface area contributed by atoms with Gasteiger partial charge in [0.2, 0.25) is 0 Å². The van der Waals surface area contributed by atoms with Crippen molar-refractivity contribution >= 4 is 34.6 Å². The van der Waals surface area contributed by atoms with Gasteiger partial charge in [0.15, 0.2) is 0 Å². The Bertz CT molecular complexity index is 509. The predicted molar refractivity (Wildman–Crippen MR) is 74.6 cm³/mol. The van der Waals surface area contributed by atoms with Crippen LogP contribution < -0.4 is 11.1 Å². The molecule has 0 atom stereocenters. The smallest absolute Gasteiger partial charge is 0.0470 e. The molecule has 0 saturated heterocycles. The standard InChI is InChI=1S/C13H12Cl2N2/c14-10-2-1-9(13(15)7-10)8-17-12-5-3-11(16)4-6-12/h1-7,17H,8,16H2. The lowest BCUT2D eigenvalue weighted by atomic mass is 10.2. The highest BCUT2D eigenvalue weighted by Gasteiger charge is 2.01. The molecule has 0 amide bonds. The SMILES string of the molecule is Nc1ccc(NCc2ccc(Cl)cc2Cl)cc1. The fraction of sp³-hybridized carbons (Fsp3) is 0.0769. The minimum absolute atomic E-state index is 0.645. The van der Waals surface area contributed by atoms with Crippen molar-refractivity contribution in [3.8, 4) is 0 Å².